The van der Waals surface area contributed by atoms with Crippen molar-refractivity contribution >= 4 is 10.2 Å². The lowest BCUT2D eigenvalue weighted by Gasteiger charge is -2.21. The Hall–Kier alpha value is -0.170. The predicted octanol–water partition coefficient (Wildman–Crippen LogP) is 0.351. The topological polar surface area (TPSA) is 70.2 Å². The molecule has 0 bridgehead atoms. The SMILES string of the molecule is CC(C)(C)NS(=O)(=O)NCC[C@H]1CCCN1. The van der Waals surface area contributed by atoms with E-state index in [-0.39, 0.29) is 0 Å². The lowest BCUT2D eigenvalue weighted by atomic mass is 10.1. The summed E-state index contributed by atoms with van der Waals surface area (Å²) in [7, 11) is -3.36. The first-order valence-electron chi connectivity index (χ1n) is 5.80. The summed E-state index contributed by atoms with van der Waals surface area (Å²) >= 11 is 0. The number of nitrogens with one attached hydrogen (secondary N) is 3. The molecule has 1 fully saturated rings. The van der Waals surface area contributed by atoms with Gasteiger partial charge in [0.05, 0.1) is 0 Å². The molecule has 1 rings (SSSR count). The summed E-state index contributed by atoms with van der Waals surface area (Å²) in [5.41, 5.74) is -0.433. The molecule has 1 saturated heterocycles. The van der Waals surface area contributed by atoms with E-state index in [1.165, 1.54) is 6.42 Å². The Morgan fingerprint density at radius 2 is 2.06 bits per heavy atom. The molecule has 16 heavy (non-hydrogen) atoms. The summed E-state index contributed by atoms with van der Waals surface area (Å²) in [6.45, 7) is 7.01. The molecular formula is C10H23N3O2S. The van der Waals surface area contributed by atoms with Crippen LogP contribution in [0.25, 0.3) is 0 Å². The molecule has 1 aliphatic heterocycles. The Kier molecular flexibility index (Phi) is 4.73. The Labute approximate surface area is 98.6 Å². The largest absolute Gasteiger partial charge is 0.314 e. The maximum atomic E-state index is 11.6. The van der Waals surface area contributed by atoms with Crippen LogP contribution in [0.2, 0.25) is 0 Å². The predicted molar refractivity (Wildman–Crippen MR) is 65.5 cm³/mol. The second-order valence-corrected chi connectivity index (χ2v) is 6.83. The molecule has 0 amide bonds. The lowest BCUT2D eigenvalue weighted by molar-refractivity contribution is 0.478. The first-order chi connectivity index (χ1) is 7.29. The Bertz CT molecular complexity index is 303. The van der Waals surface area contributed by atoms with Crippen LogP contribution in [0.3, 0.4) is 0 Å². The average Bonchev–Trinajstić information content (AvgIpc) is 2.51. The summed E-state index contributed by atoms with van der Waals surface area (Å²) < 4.78 is 28.3. The molecule has 0 spiro atoms. The quantitative estimate of drug-likeness (QED) is 0.658. The average molecular weight is 249 g/mol. The van der Waals surface area contributed by atoms with E-state index < -0.39 is 15.7 Å². The first kappa shape index (κ1) is 13.9. The van der Waals surface area contributed by atoms with Crippen molar-refractivity contribution in [1.82, 2.24) is 14.8 Å². The summed E-state index contributed by atoms with van der Waals surface area (Å²) in [6.07, 6.45) is 3.19. The van der Waals surface area contributed by atoms with Crippen molar-refractivity contribution in [2.45, 2.75) is 51.6 Å². The Morgan fingerprint density at radius 3 is 2.56 bits per heavy atom. The minimum Gasteiger partial charge on any atom is -0.314 e. The highest BCUT2D eigenvalue weighted by Gasteiger charge is 2.20. The molecule has 6 heteroatoms. The van der Waals surface area contributed by atoms with E-state index in [0.29, 0.717) is 12.6 Å². The van der Waals surface area contributed by atoms with Crippen molar-refractivity contribution in [3.05, 3.63) is 0 Å². The third-order valence-electron chi connectivity index (χ3n) is 2.39. The zero-order chi connectivity index (χ0) is 12.2. The van der Waals surface area contributed by atoms with Gasteiger partial charge in [-0.2, -0.15) is 13.1 Å². The van der Waals surface area contributed by atoms with Crippen LogP contribution < -0.4 is 14.8 Å². The molecule has 0 aliphatic carbocycles. The number of rotatable bonds is 5. The van der Waals surface area contributed by atoms with E-state index >= 15 is 0 Å². The van der Waals surface area contributed by atoms with Crippen molar-refractivity contribution in [2.75, 3.05) is 13.1 Å². The van der Waals surface area contributed by atoms with Crippen LogP contribution in [0.5, 0.6) is 0 Å². The van der Waals surface area contributed by atoms with Crippen molar-refractivity contribution in [3.8, 4) is 0 Å². The van der Waals surface area contributed by atoms with Crippen LogP contribution in [0, 0.1) is 0 Å². The second-order valence-electron chi connectivity index (χ2n) is 5.33. The van der Waals surface area contributed by atoms with Gasteiger partial charge in [-0.1, -0.05) is 0 Å². The standard InChI is InChI=1S/C10H23N3O2S/c1-10(2,3)13-16(14,15)12-8-6-9-5-4-7-11-9/h9,11-13H,4-8H2,1-3H3/t9-/m1/s1. The van der Waals surface area contributed by atoms with Gasteiger partial charge in [0.1, 0.15) is 0 Å². The summed E-state index contributed by atoms with van der Waals surface area (Å²) in [4.78, 5) is 0. The van der Waals surface area contributed by atoms with Gasteiger partial charge in [-0.15, -0.1) is 0 Å². The van der Waals surface area contributed by atoms with Crippen LogP contribution in [0.15, 0.2) is 0 Å². The van der Waals surface area contributed by atoms with Crippen LogP contribution in [-0.4, -0.2) is 33.1 Å². The number of hydrogen-bond acceptors (Lipinski definition) is 3. The third-order valence-corrected chi connectivity index (χ3v) is 3.85. The van der Waals surface area contributed by atoms with Gasteiger partial charge in [0.15, 0.2) is 0 Å². The Balaban J connectivity index is 2.25. The van der Waals surface area contributed by atoms with E-state index in [2.05, 4.69) is 14.8 Å². The van der Waals surface area contributed by atoms with Crippen LogP contribution in [-0.2, 0) is 10.2 Å². The fraction of sp³-hybridized carbons (Fsp3) is 1.00. The van der Waals surface area contributed by atoms with Gasteiger partial charge in [0.2, 0.25) is 0 Å². The maximum absolute atomic E-state index is 11.6. The van der Waals surface area contributed by atoms with Gasteiger partial charge in [-0.25, -0.2) is 4.72 Å². The van der Waals surface area contributed by atoms with E-state index in [9.17, 15) is 8.42 Å². The zero-order valence-electron chi connectivity index (χ0n) is 10.3. The van der Waals surface area contributed by atoms with Gasteiger partial charge < -0.3 is 5.32 Å². The molecule has 0 aromatic heterocycles. The normalized spacial score (nSPS) is 22.6. The molecule has 0 aromatic carbocycles. The molecule has 1 aliphatic rings. The van der Waals surface area contributed by atoms with Gasteiger partial charge >= 0.3 is 0 Å². The van der Waals surface area contributed by atoms with Crippen LogP contribution in [0.4, 0.5) is 0 Å². The highest BCUT2D eigenvalue weighted by atomic mass is 32.2. The molecule has 0 aromatic rings. The van der Waals surface area contributed by atoms with Gasteiger partial charge in [0.25, 0.3) is 10.2 Å². The van der Waals surface area contributed by atoms with Gasteiger partial charge in [-0.05, 0) is 46.6 Å². The summed E-state index contributed by atoms with van der Waals surface area (Å²) in [5, 5.41) is 3.34. The minimum absolute atomic E-state index is 0.433. The highest BCUT2D eigenvalue weighted by Crippen LogP contribution is 2.07. The van der Waals surface area contributed by atoms with Crippen molar-refractivity contribution in [2.24, 2.45) is 0 Å². The molecule has 0 unspecified atom stereocenters. The molecule has 1 heterocycles. The molecule has 5 nitrogen and oxygen atoms in total. The van der Waals surface area contributed by atoms with Gasteiger partial charge in [-0.3, -0.25) is 0 Å². The van der Waals surface area contributed by atoms with Crippen LogP contribution in [0.1, 0.15) is 40.0 Å². The second kappa shape index (κ2) is 5.44. The van der Waals surface area contributed by atoms with E-state index in [0.717, 1.165) is 19.4 Å². The molecule has 0 radical (unpaired) electrons. The fourth-order valence-electron chi connectivity index (χ4n) is 1.81. The van der Waals surface area contributed by atoms with E-state index in [1.54, 1.807) is 0 Å². The summed E-state index contributed by atoms with van der Waals surface area (Å²) in [6, 6.07) is 0.470. The zero-order valence-corrected chi connectivity index (χ0v) is 11.2. The fourth-order valence-corrected chi connectivity index (χ4v) is 3.07. The molecule has 96 valence electrons. The van der Waals surface area contributed by atoms with E-state index in [4.69, 9.17) is 0 Å². The van der Waals surface area contributed by atoms with Crippen molar-refractivity contribution in [3.63, 3.8) is 0 Å². The molecular weight excluding hydrogens is 226 g/mol. The van der Waals surface area contributed by atoms with Crippen molar-refractivity contribution < 1.29 is 8.42 Å². The smallest absolute Gasteiger partial charge is 0.277 e. The molecule has 0 saturated carbocycles. The first-order valence-corrected chi connectivity index (χ1v) is 7.29. The highest BCUT2D eigenvalue weighted by molar-refractivity contribution is 7.87. The Morgan fingerprint density at radius 1 is 1.38 bits per heavy atom. The maximum Gasteiger partial charge on any atom is 0.277 e. The van der Waals surface area contributed by atoms with Gasteiger partial charge in [0, 0.05) is 18.1 Å². The molecule has 3 N–H and O–H groups in total. The van der Waals surface area contributed by atoms with E-state index in [1.807, 2.05) is 20.8 Å². The monoisotopic (exact) mass is 249 g/mol. The minimum atomic E-state index is -3.36. The lowest BCUT2D eigenvalue weighted by Crippen LogP contribution is -2.47. The summed E-state index contributed by atoms with van der Waals surface area (Å²) in [5.74, 6) is 0. The third kappa shape index (κ3) is 5.79. The van der Waals surface area contributed by atoms with Crippen LogP contribution >= 0.6 is 0 Å². The molecule has 1 atom stereocenters. The van der Waals surface area contributed by atoms with Crippen molar-refractivity contribution in [1.29, 1.82) is 0 Å². The number of hydrogen-bond donors (Lipinski definition) is 3.